The maximum atomic E-state index is 12.6. The number of nitrogens with two attached hydrogens (primary N) is 1. The Labute approximate surface area is 160 Å². The van der Waals surface area contributed by atoms with Crippen LogP contribution < -0.4 is 16.0 Å². The van der Waals surface area contributed by atoms with Crippen LogP contribution in [0.4, 0.5) is 5.69 Å². The van der Waals surface area contributed by atoms with Crippen LogP contribution in [0.1, 0.15) is 54.6 Å². The third kappa shape index (κ3) is 5.41. The van der Waals surface area contributed by atoms with E-state index in [0.29, 0.717) is 17.8 Å². The summed E-state index contributed by atoms with van der Waals surface area (Å²) in [6, 6.07) is 17.7. The highest BCUT2D eigenvalue weighted by Gasteiger charge is 2.20. The number of benzene rings is 2. The molecule has 27 heavy (non-hydrogen) atoms. The molecule has 1 aliphatic rings. The molecule has 5 nitrogen and oxygen atoms in total. The van der Waals surface area contributed by atoms with E-state index in [1.54, 1.807) is 12.1 Å². The third-order valence-corrected chi connectivity index (χ3v) is 5.12. The zero-order valence-electron chi connectivity index (χ0n) is 15.8. The summed E-state index contributed by atoms with van der Waals surface area (Å²) >= 11 is 0. The van der Waals surface area contributed by atoms with Gasteiger partial charge >= 0.3 is 0 Å². The van der Waals surface area contributed by atoms with Crippen molar-refractivity contribution in [2.24, 2.45) is 0 Å². The number of carbonyl (C=O) groups is 2. The Morgan fingerprint density at radius 3 is 2.44 bits per heavy atom. The van der Waals surface area contributed by atoms with Gasteiger partial charge in [0.05, 0.1) is 11.3 Å². The molecule has 142 valence electrons. The van der Waals surface area contributed by atoms with Crippen molar-refractivity contribution in [1.29, 1.82) is 0 Å². The predicted octanol–water partition coefficient (Wildman–Crippen LogP) is 2.62. The lowest BCUT2D eigenvalue weighted by atomic mass is 10.1. The molecule has 1 atom stereocenters. The zero-order valence-corrected chi connectivity index (χ0v) is 15.8. The van der Waals surface area contributed by atoms with Gasteiger partial charge in [-0.05, 0) is 31.9 Å². The number of carbonyl (C=O) groups excluding carboxylic acids is 2. The Kier molecular flexibility index (Phi) is 6.60. The lowest BCUT2D eigenvalue weighted by Crippen LogP contribution is -2.86. The molecule has 4 N–H and O–H groups in total. The van der Waals surface area contributed by atoms with E-state index in [2.05, 4.69) is 29.7 Å². The molecule has 0 heterocycles. The van der Waals surface area contributed by atoms with Crippen molar-refractivity contribution in [3.05, 3.63) is 65.7 Å². The summed E-state index contributed by atoms with van der Waals surface area (Å²) in [5, 5.41) is 7.97. The van der Waals surface area contributed by atoms with Crippen molar-refractivity contribution >= 4 is 17.5 Å². The largest absolute Gasteiger partial charge is 0.349 e. The summed E-state index contributed by atoms with van der Waals surface area (Å²) in [5.74, 6) is -0.224. The van der Waals surface area contributed by atoms with Crippen molar-refractivity contribution in [3.8, 4) is 0 Å². The van der Waals surface area contributed by atoms with Crippen molar-refractivity contribution in [3.63, 3.8) is 0 Å². The van der Waals surface area contributed by atoms with Crippen LogP contribution in [-0.2, 0) is 4.79 Å². The van der Waals surface area contributed by atoms with Crippen LogP contribution in [0, 0.1) is 0 Å². The molecule has 1 saturated carbocycles. The van der Waals surface area contributed by atoms with E-state index < -0.39 is 0 Å². The van der Waals surface area contributed by atoms with Gasteiger partial charge in [0.2, 0.25) is 0 Å². The zero-order chi connectivity index (χ0) is 19.1. The van der Waals surface area contributed by atoms with E-state index in [9.17, 15) is 9.59 Å². The molecule has 1 aliphatic carbocycles. The first-order chi connectivity index (χ1) is 13.1. The van der Waals surface area contributed by atoms with Gasteiger partial charge in [-0.3, -0.25) is 9.59 Å². The van der Waals surface area contributed by atoms with Crippen molar-refractivity contribution < 1.29 is 14.9 Å². The molecule has 0 bridgehead atoms. The Balaban J connectivity index is 1.56. The lowest BCUT2D eigenvalue weighted by Gasteiger charge is -2.15. The first kappa shape index (κ1) is 19.1. The molecule has 0 unspecified atom stereocenters. The highest BCUT2D eigenvalue weighted by molar-refractivity contribution is 6.04. The second kappa shape index (κ2) is 9.33. The maximum absolute atomic E-state index is 12.6. The summed E-state index contributed by atoms with van der Waals surface area (Å²) in [4.78, 5) is 25.0. The Morgan fingerprint density at radius 1 is 1.04 bits per heavy atom. The summed E-state index contributed by atoms with van der Waals surface area (Å²) in [7, 11) is 0. The molecule has 0 spiro atoms. The highest BCUT2D eigenvalue weighted by Crippen LogP contribution is 2.20. The van der Waals surface area contributed by atoms with Crippen LogP contribution in [0.15, 0.2) is 54.6 Å². The summed E-state index contributed by atoms with van der Waals surface area (Å²) < 4.78 is 0. The smallest absolute Gasteiger partial charge is 0.279 e. The number of anilines is 1. The van der Waals surface area contributed by atoms with Crippen LogP contribution in [0.5, 0.6) is 0 Å². The molecule has 2 amide bonds. The SMILES string of the molecule is C[C@H]([NH2+]CC(=O)Nc1ccccc1C(=O)NC1CCCC1)c1ccccc1. The van der Waals surface area contributed by atoms with Crippen LogP contribution in [-0.4, -0.2) is 24.4 Å². The van der Waals surface area contributed by atoms with Gasteiger partial charge in [0.15, 0.2) is 6.54 Å². The first-order valence-electron chi connectivity index (χ1n) is 9.71. The minimum Gasteiger partial charge on any atom is -0.349 e. The quantitative estimate of drug-likeness (QED) is 0.705. The van der Waals surface area contributed by atoms with E-state index in [-0.39, 0.29) is 23.9 Å². The Hall–Kier alpha value is -2.66. The van der Waals surface area contributed by atoms with Gasteiger partial charge in [0.1, 0.15) is 6.04 Å². The summed E-state index contributed by atoms with van der Waals surface area (Å²) in [6.45, 7) is 2.38. The number of quaternary nitrogens is 1. The highest BCUT2D eigenvalue weighted by atomic mass is 16.2. The maximum Gasteiger partial charge on any atom is 0.279 e. The van der Waals surface area contributed by atoms with Crippen LogP contribution >= 0.6 is 0 Å². The van der Waals surface area contributed by atoms with E-state index >= 15 is 0 Å². The van der Waals surface area contributed by atoms with E-state index in [1.807, 2.05) is 35.6 Å². The number of nitrogens with one attached hydrogen (secondary N) is 2. The van der Waals surface area contributed by atoms with Crippen LogP contribution in [0.2, 0.25) is 0 Å². The van der Waals surface area contributed by atoms with Crippen molar-refractivity contribution in [1.82, 2.24) is 5.32 Å². The van der Waals surface area contributed by atoms with Gasteiger partial charge in [-0.25, -0.2) is 0 Å². The van der Waals surface area contributed by atoms with Gasteiger partial charge in [0.25, 0.3) is 11.8 Å². The van der Waals surface area contributed by atoms with E-state index in [0.717, 1.165) is 12.8 Å². The summed E-state index contributed by atoms with van der Waals surface area (Å²) in [6.07, 6.45) is 4.40. The topological polar surface area (TPSA) is 74.8 Å². The second-order valence-electron chi connectivity index (χ2n) is 7.19. The Morgan fingerprint density at radius 2 is 1.70 bits per heavy atom. The van der Waals surface area contributed by atoms with Gasteiger partial charge in [-0.2, -0.15) is 0 Å². The normalized spacial score (nSPS) is 15.3. The molecule has 0 aliphatic heterocycles. The van der Waals surface area contributed by atoms with E-state index in [4.69, 9.17) is 0 Å². The average molecular weight is 366 g/mol. The van der Waals surface area contributed by atoms with Crippen LogP contribution in [0.25, 0.3) is 0 Å². The van der Waals surface area contributed by atoms with Gasteiger partial charge in [-0.1, -0.05) is 55.3 Å². The number of hydrogen-bond acceptors (Lipinski definition) is 2. The minimum absolute atomic E-state index is 0.112. The molecule has 1 fully saturated rings. The van der Waals surface area contributed by atoms with E-state index in [1.165, 1.54) is 18.4 Å². The number of rotatable bonds is 7. The fourth-order valence-electron chi connectivity index (χ4n) is 3.50. The number of amides is 2. The molecule has 0 aromatic heterocycles. The molecule has 3 rings (SSSR count). The molecule has 0 radical (unpaired) electrons. The third-order valence-electron chi connectivity index (χ3n) is 5.12. The predicted molar refractivity (Wildman–Crippen MR) is 106 cm³/mol. The molecule has 0 saturated heterocycles. The Bertz CT molecular complexity index is 770. The first-order valence-corrected chi connectivity index (χ1v) is 9.71. The monoisotopic (exact) mass is 366 g/mol. The van der Waals surface area contributed by atoms with Crippen molar-refractivity contribution in [2.45, 2.75) is 44.7 Å². The molecule has 2 aromatic rings. The molecular formula is C22H28N3O2+. The standard InChI is InChI=1S/C22H27N3O2/c1-16(17-9-3-2-4-10-17)23-15-21(26)25-20-14-8-7-13-19(20)22(27)24-18-11-5-6-12-18/h2-4,7-10,13-14,16,18,23H,5-6,11-12,15H2,1H3,(H,24,27)(H,25,26)/p+1/t16-/m0/s1. The molecule has 5 heteroatoms. The number of para-hydroxylation sites is 1. The minimum atomic E-state index is -0.112. The van der Waals surface area contributed by atoms with Gasteiger partial charge in [0, 0.05) is 11.6 Å². The number of hydrogen-bond donors (Lipinski definition) is 3. The average Bonchev–Trinajstić information content (AvgIpc) is 3.20. The fourth-order valence-corrected chi connectivity index (χ4v) is 3.50. The molecular weight excluding hydrogens is 338 g/mol. The second-order valence-corrected chi connectivity index (χ2v) is 7.19. The van der Waals surface area contributed by atoms with Gasteiger partial charge in [-0.15, -0.1) is 0 Å². The summed E-state index contributed by atoms with van der Waals surface area (Å²) in [5.41, 5.74) is 2.27. The lowest BCUT2D eigenvalue weighted by molar-refractivity contribution is -0.682. The fraction of sp³-hybridized carbons (Fsp3) is 0.364. The van der Waals surface area contributed by atoms with Crippen LogP contribution in [0.3, 0.4) is 0 Å². The van der Waals surface area contributed by atoms with Gasteiger partial charge < -0.3 is 16.0 Å². The molecule has 2 aromatic carbocycles. The van der Waals surface area contributed by atoms with Crippen molar-refractivity contribution in [2.75, 3.05) is 11.9 Å².